The minimum absolute atomic E-state index is 0.0396. The van der Waals surface area contributed by atoms with Crippen molar-refractivity contribution in [3.63, 3.8) is 0 Å². The van der Waals surface area contributed by atoms with Crippen LogP contribution >= 0.6 is 0 Å². The smallest absolute Gasteiger partial charge is 0.274 e. The second kappa shape index (κ2) is 5.50. The molecule has 1 N–H and O–H groups in total. The lowest BCUT2D eigenvalue weighted by Gasteiger charge is -2.12. The summed E-state index contributed by atoms with van der Waals surface area (Å²) in [5.41, 5.74) is 4.64. The van der Waals surface area contributed by atoms with Gasteiger partial charge in [-0.1, -0.05) is 18.2 Å². The van der Waals surface area contributed by atoms with Crippen molar-refractivity contribution in [2.45, 2.75) is 17.8 Å². The molecule has 1 spiro atoms. The third-order valence-corrected chi connectivity index (χ3v) is 6.75. The molecule has 7 heteroatoms. The highest BCUT2D eigenvalue weighted by Crippen LogP contribution is 2.66. The van der Waals surface area contributed by atoms with Gasteiger partial charge in [-0.05, 0) is 29.7 Å². The van der Waals surface area contributed by atoms with Crippen molar-refractivity contribution in [1.29, 1.82) is 0 Å². The number of hydrogen-bond acceptors (Lipinski definition) is 3. The van der Waals surface area contributed by atoms with Gasteiger partial charge in [0.15, 0.2) is 0 Å². The van der Waals surface area contributed by atoms with Gasteiger partial charge >= 0.3 is 0 Å². The van der Waals surface area contributed by atoms with E-state index in [0.717, 1.165) is 40.0 Å². The molecule has 150 valence electrons. The molecule has 0 bridgehead atoms. The van der Waals surface area contributed by atoms with Crippen LogP contribution in [-0.2, 0) is 24.3 Å². The highest BCUT2D eigenvalue weighted by atomic mass is 16.2. The number of fused-ring (bicyclic) bond motifs is 3. The zero-order valence-electron chi connectivity index (χ0n) is 17.0. The Bertz CT molecular complexity index is 1430. The van der Waals surface area contributed by atoms with Gasteiger partial charge in [0.1, 0.15) is 11.2 Å². The van der Waals surface area contributed by atoms with Crippen LogP contribution in [0.5, 0.6) is 0 Å². The largest absolute Gasteiger partial charge is 0.349 e. The first kappa shape index (κ1) is 17.3. The monoisotopic (exact) mass is 399 g/mol. The topological polar surface area (TPSA) is 75.9 Å². The Morgan fingerprint density at radius 3 is 2.70 bits per heavy atom. The highest BCUT2D eigenvalue weighted by Gasteiger charge is 2.67. The Kier molecular flexibility index (Phi) is 3.17. The molecule has 0 radical (unpaired) electrons. The lowest BCUT2D eigenvalue weighted by molar-refractivity contribution is -0.120. The number of likely N-dealkylation sites (N-methyl/N-ethyl adjacent to an activating group) is 1. The average molecular weight is 399 g/mol. The average Bonchev–Trinajstić information content (AvgIpc) is 3.00. The number of pyridine rings is 1. The molecule has 2 aliphatic rings. The summed E-state index contributed by atoms with van der Waals surface area (Å²) >= 11 is 0. The number of aromatic amines is 1. The molecule has 6 rings (SSSR count). The standard InChI is InChI=1S/C23H21N5O2/c1-26-11-18(24-12-26)17-8-13-14(10-27(2)21(29)20(13)25-17)16-9-23(16)15-6-4-5-7-19(15)28(3)22(23)30/h4-8,10-12,16,25H,9H2,1-3H3/t16-,23-/m0/s1. The highest BCUT2D eigenvalue weighted by molar-refractivity contribution is 6.11. The van der Waals surface area contributed by atoms with E-state index in [1.807, 2.05) is 55.3 Å². The number of benzene rings is 1. The van der Waals surface area contributed by atoms with Gasteiger partial charge in [-0.25, -0.2) is 4.98 Å². The summed E-state index contributed by atoms with van der Waals surface area (Å²) in [6, 6.07) is 10.0. The minimum atomic E-state index is -0.530. The zero-order chi connectivity index (χ0) is 20.8. The summed E-state index contributed by atoms with van der Waals surface area (Å²) < 4.78 is 3.48. The number of nitrogens with one attached hydrogen (secondary N) is 1. The van der Waals surface area contributed by atoms with Gasteiger partial charge in [0, 0.05) is 50.5 Å². The molecule has 0 unspecified atom stereocenters. The lowest BCUT2D eigenvalue weighted by atomic mass is 9.91. The number of amides is 1. The molecule has 30 heavy (non-hydrogen) atoms. The lowest BCUT2D eigenvalue weighted by Crippen LogP contribution is -2.29. The van der Waals surface area contributed by atoms with Gasteiger partial charge in [0.25, 0.3) is 5.56 Å². The van der Waals surface area contributed by atoms with Crippen LogP contribution in [0.1, 0.15) is 23.5 Å². The van der Waals surface area contributed by atoms with Crippen LogP contribution in [0.15, 0.2) is 53.8 Å². The molecule has 7 nitrogen and oxygen atoms in total. The van der Waals surface area contributed by atoms with E-state index < -0.39 is 5.41 Å². The van der Waals surface area contributed by atoms with Crippen LogP contribution in [0, 0.1) is 0 Å². The van der Waals surface area contributed by atoms with Gasteiger partial charge in [-0.2, -0.15) is 0 Å². The van der Waals surface area contributed by atoms with Crippen molar-refractivity contribution < 1.29 is 4.79 Å². The van der Waals surface area contributed by atoms with Crippen LogP contribution in [0.25, 0.3) is 22.3 Å². The fraction of sp³-hybridized carbons (Fsp3) is 0.261. The van der Waals surface area contributed by atoms with Crippen molar-refractivity contribution in [3.8, 4) is 11.4 Å². The van der Waals surface area contributed by atoms with E-state index in [2.05, 4.69) is 16.0 Å². The molecule has 4 heterocycles. The van der Waals surface area contributed by atoms with Gasteiger partial charge in [0.2, 0.25) is 5.91 Å². The first-order chi connectivity index (χ1) is 14.4. The van der Waals surface area contributed by atoms with E-state index in [1.165, 1.54) is 0 Å². The van der Waals surface area contributed by atoms with Crippen molar-refractivity contribution in [3.05, 3.63) is 70.5 Å². The molecule has 1 amide bonds. The van der Waals surface area contributed by atoms with E-state index >= 15 is 0 Å². The maximum atomic E-state index is 13.3. The number of aromatic nitrogens is 4. The Balaban J connectivity index is 1.55. The van der Waals surface area contributed by atoms with Crippen LogP contribution in [0.2, 0.25) is 0 Å². The van der Waals surface area contributed by atoms with Crippen LogP contribution in [-0.4, -0.2) is 32.1 Å². The van der Waals surface area contributed by atoms with E-state index in [-0.39, 0.29) is 17.4 Å². The van der Waals surface area contributed by atoms with Gasteiger partial charge in [-0.15, -0.1) is 0 Å². The van der Waals surface area contributed by atoms with Crippen LogP contribution in [0.3, 0.4) is 0 Å². The quantitative estimate of drug-likeness (QED) is 0.563. The van der Waals surface area contributed by atoms with Gasteiger partial charge in [0.05, 0.1) is 17.4 Å². The van der Waals surface area contributed by atoms with E-state index in [0.29, 0.717) is 5.52 Å². The summed E-state index contributed by atoms with van der Waals surface area (Å²) in [5.74, 6) is 0.175. The Hall–Kier alpha value is -3.61. The van der Waals surface area contributed by atoms with Crippen molar-refractivity contribution >= 4 is 22.5 Å². The SMILES string of the molecule is CN1C(=O)[C@@]2(C[C@H]2c2cn(C)c(=O)c3[nH]c(-c4cn(C)cn4)cc23)c2ccccc21. The van der Waals surface area contributed by atoms with E-state index in [1.54, 1.807) is 22.8 Å². The molecular weight excluding hydrogens is 378 g/mol. The summed E-state index contributed by atoms with van der Waals surface area (Å²) in [6.45, 7) is 0. The number of nitrogens with zero attached hydrogens (tertiary/aromatic N) is 4. The number of rotatable bonds is 2. The van der Waals surface area contributed by atoms with E-state index in [4.69, 9.17) is 0 Å². The maximum Gasteiger partial charge on any atom is 0.274 e. The Morgan fingerprint density at radius 2 is 1.93 bits per heavy atom. The predicted octanol–water partition coefficient (Wildman–Crippen LogP) is 2.67. The Morgan fingerprint density at radius 1 is 1.13 bits per heavy atom. The van der Waals surface area contributed by atoms with Crippen LogP contribution in [0.4, 0.5) is 5.69 Å². The number of carbonyl (C=O) groups excluding carboxylic acids is 1. The molecule has 1 aromatic carbocycles. The summed E-state index contributed by atoms with van der Waals surface area (Å²) in [4.78, 5) is 35.6. The molecule has 4 aromatic rings. The fourth-order valence-corrected chi connectivity index (χ4v) is 5.17. The van der Waals surface area contributed by atoms with Gasteiger partial charge in [-0.3, -0.25) is 9.59 Å². The molecule has 1 aliphatic heterocycles. The maximum absolute atomic E-state index is 13.3. The van der Waals surface area contributed by atoms with Crippen molar-refractivity contribution in [2.75, 3.05) is 11.9 Å². The molecule has 2 atom stereocenters. The molecule has 3 aromatic heterocycles. The number of aryl methyl sites for hydroxylation is 2. The predicted molar refractivity (Wildman–Crippen MR) is 115 cm³/mol. The summed E-state index contributed by atoms with van der Waals surface area (Å²) in [5, 5.41) is 0.875. The van der Waals surface area contributed by atoms with Crippen LogP contribution < -0.4 is 10.5 Å². The molecule has 1 fully saturated rings. The summed E-state index contributed by atoms with van der Waals surface area (Å²) in [7, 11) is 5.52. The third kappa shape index (κ3) is 2.01. The number of H-pyrrole nitrogens is 1. The van der Waals surface area contributed by atoms with E-state index in [9.17, 15) is 9.59 Å². The number of carbonyl (C=O) groups is 1. The zero-order valence-corrected chi connectivity index (χ0v) is 17.0. The Labute approximate surface area is 172 Å². The molecular formula is C23H21N5O2. The first-order valence-electron chi connectivity index (χ1n) is 10.00. The van der Waals surface area contributed by atoms with Crippen molar-refractivity contribution in [1.82, 2.24) is 19.1 Å². The second-order valence-electron chi connectivity index (χ2n) is 8.51. The number of imidazole rings is 1. The number of para-hydroxylation sites is 1. The first-order valence-corrected chi connectivity index (χ1v) is 10.00. The summed E-state index contributed by atoms with van der Waals surface area (Å²) in [6.07, 6.45) is 6.30. The fourth-order valence-electron chi connectivity index (χ4n) is 5.17. The minimum Gasteiger partial charge on any atom is -0.349 e. The molecule has 0 saturated heterocycles. The normalized spacial score (nSPS) is 22.3. The third-order valence-electron chi connectivity index (χ3n) is 6.75. The van der Waals surface area contributed by atoms with Crippen molar-refractivity contribution in [2.24, 2.45) is 14.1 Å². The molecule has 1 aliphatic carbocycles. The number of anilines is 1. The molecule has 1 saturated carbocycles. The second-order valence-corrected chi connectivity index (χ2v) is 8.51. The van der Waals surface area contributed by atoms with Gasteiger partial charge < -0.3 is 19.0 Å². The number of hydrogen-bond donors (Lipinski definition) is 1.